The summed E-state index contributed by atoms with van der Waals surface area (Å²) in [7, 11) is 0. The van der Waals surface area contributed by atoms with Crippen molar-refractivity contribution in [2.24, 2.45) is 5.92 Å². The molecule has 0 spiro atoms. The van der Waals surface area contributed by atoms with Crippen LogP contribution in [-0.2, 0) is 49.4 Å². The van der Waals surface area contributed by atoms with Crippen molar-refractivity contribution in [2.45, 2.75) is 85.0 Å². The maximum absolute atomic E-state index is 13.4. The molecule has 15 heteroatoms. The molecule has 0 aliphatic rings. The number of benzene rings is 1. The summed E-state index contributed by atoms with van der Waals surface area (Å²) in [6.07, 6.45) is -0.543. The van der Waals surface area contributed by atoms with Crippen LogP contribution >= 0.6 is 0 Å². The van der Waals surface area contributed by atoms with E-state index < -0.39 is 78.5 Å². The molecule has 1 aromatic rings. The molecule has 0 saturated heterocycles. The Morgan fingerprint density at radius 2 is 1.26 bits per heavy atom. The fourth-order valence-electron chi connectivity index (χ4n) is 3.91. The topological polar surface area (TPSA) is 207 Å². The minimum Gasteiger partial charge on any atom is -0.464 e. The zero-order valence-electron chi connectivity index (χ0n) is 27.5. The van der Waals surface area contributed by atoms with Crippen LogP contribution in [0.4, 0.5) is 4.79 Å². The lowest BCUT2D eigenvalue weighted by Crippen LogP contribution is -2.57. The van der Waals surface area contributed by atoms with Gasteiger partial charge in [0.05, 0.1) is 19.8 Å². The van der Waals surface area contributed by atoms with Gasteiger partial charge in [0.1, 0.15) is 24.2 Å². The van der Waals surface area contributed by atoms with Crippen LogP contribution in [0.2, 0.25) is 0 Å². The van der Waals surface area contributed by atoms with Gasteiger partial charge in [-0.1, -0.05) is 44.2 Å². The molecule has 256 valence electrons. The van der Waals surface area contributed by atoms with Gasteiger partial charge in [-0.3, -0.25) is 19.2 Å². The average molecular weight is 650 g/mol. The molecule has 5 amide bonds. The Morgan fingerprint density at radius 1 is 0.717 bits per heavy atom. The van der Waals surface area contributed by atoms with Gasteiger partial charge < -0.3 is 40.8 Å². The Kier molecular flexibility index (Phi) is 16.8. The molecule has 2 unspecified atom stereocenters. The molecule has 0 fully saturated rings. The maximum Gasteiger partial charge on any atom is 0.408 e. The molecule has 2 atom stereocenters. The summed E-state index contributed by atoms with van der Waals surface area (Å²) in [5.41, 5.74) is -0.0674. The highest BCUT2D eigenvalue weighted by Gasteiger charge is 2.32. The normalized spacial score (nSPS) is 12.3. The van der Waals surface area contributed by atoms with Crippen LogP contribution < -0.4 is 26.6 Å². The van der Waals surface area contributed by atoms with Crippen molar-refractivity contribution in [1.29, 1.82) is 0 Å². The predicted octanol–water partition coefficient (Wildman–Crippen LogP) is 0.497. The quantitative estimate of drug-likeness (QED) is 0.0897. The summed E-state index contributed by atoms with van der Waals surface area (Å²) in [6.45, 7) is 10.6. The number of nitrogens with one attached hydrogen (secondary N) is 5. The van der Waals surface area contributed by atoms with E-state index in [0.29, 0.717) is 5.56 Å². The van der Waals surface area contributed by atoms with Gasteiger partial charge in [-0.25, -0.2) is 14.4 Å². The molecule has 15 nitrogen and oxygen atoms in total. The van der Waals surface area contributed by atoms with Crippen molar-refractivity contribution in [2.75, 3.05) is 26.3 Å². The molecule has 0 aromatic heterocycles. The second kappa shape index (κ2) is 19.6. The number of esters is 2. The number of rotatable bonds is 17. The van der Waals surface area contributed by atoms with Crippen LogP contribution in [0.1, 0.15) is 60.5 Å². The zero-order chi connectivity index (χ0) is 34.9. The largest absolute Gasteiger partial charge is 0.464 e. The molecule has 0 saturated carbocycles. The first-order valence-electron chi connectivity index (χ1n) is 15.1. The van der Waals surface area contributed by atoms with Crippen LogP contribution in [0.5, 0.6) is 0 Å². The predicted molar refractivity (Wildman–Crippen MR) is 166 cm³/mol. The summed E-state index contributed by atoms with van der Waals surface area (Å²) in [5, 5.41) is 12.2. The van der Waals surface area contributed by atoms with E-state index in [4.69, 9.17) is 14.2 Å². The fourth-order valence-corrected chi connectivity index (χ4v) is 3.91. The van der Waals surface area contributed by atoms with E-state index in [1.54, 1.807) is 51.1 Å². The van der Waals surface area contributed by atoms with Crippen molar-refractivity contribution in [3.8, 4) is 0 Å². The lowest BCUT2D eigenvalue weighted by molar-refractivity contribution is -0.159. The van der Waals surface area contributed by atoms with Gasteiger partial charge in [-0.2, -0.15) is 0 Å². The van der Waals surface area contributed by atoms with Gasteiger partial charge >= 0.3 is 18.0 Å². The summed E-state index contributed by atoms with van der Waals surface area (Å²) in [5.74, 6) is -5.01. The molecular formula is C31H47N5O10. The number of hydrogen-bond donors (Lipinski definition) is 5. The van der Waals surface area contributed by atoms with E-state index >= 15 is 0 Å². The first-order valence-corrected chi connectivity index (χ1v) is 15.1. The SMILES string of the molecule is CCOC(=O)C(NC(=O)CNC(=O)C(Cc1ccccc1)NC(=O)C(CC(C)C)NC(=O)CNC(=O)OC(C)(C)C)C(=O)OCC. The van der Waals surface area contributed by atoms with E-state index in [-0.39, 0.29) is 32.0 Å². The third-order valence-corrected chi connectivity index (χ3v) is 5.84. The van der Waals surface area contributed by atoms with Crippen molar-refractivity contribution in [3.05, 3.63) is 35.9 Å². The Hall–Kier alpha value is -4.69. The Morgan fingerprint density at radius 3 is 1.78 bits per heavy atom. The molecule has 0 heterocycles. The van der Waals surface area contributed by atoms with Gasteiger partial charge in [0.15, 0.2) is 0 Å². The van der Waals surface area contributed by atoms with Crippen molar-refractivity contribution < 1.29 is 47.8 Å². The van der Waals surface area contributed by atoms with E-state index in [1.807, 2.05) is 13.8 Å². The van der Waals surface area contributed by atoms with Crippen LogP contribution in [-0.4, -0.2) is 91.7 Å². The maximum atomic E-state index is 13.4. The average Bonchev–Trinajstić information content (AvgIpc) is 2.96. The first kappa shape index (κ1) is 39.3. The zero-order valence-corrected chi connectivity index (χ0v) is 27.5. The lowest BCUT2D eigenvalue weighted by atomic mass is 10.0. The van der Waals surface area contributed by atoms with E-state index in [1.165, 1.54) is 13.8 Å². The highest BCUT2D eigenvalue weighted by Crippen LogP contribution is 2.09. The highest BCUT2D eigenvalue weighted by molar-refractivity contribution is 6.03. The van der Waals surface area contributed by atoms with Gasteiger partial charge in [-0.15, -0.1) is 0 Å². The molecule has 46 heavy (non-hydrogen) atoms. The molecule has 1 rings (SSSR count). The number of carbonyl (C=O) groups is 7. The third-order valence-electron chi connectivity index (χ3n) is 5.84. The van der Waals surface area contributed by atoms with Gasteiger partial charge in [0.2, 0.25) is 29.7 Å². The Bertz CT molecular complexity index is 1180. The summed E-state index contributed by atoms with van der Waals surface area (Å²) in [6, 6.07) is 4.82. The smallest absolute Gasteiger partial charge is 0.408 e. The van der Waals surface area contributed by atoms with Crippen LogP contribution in [0.3, 0.4) is 0 Å². The fraction of sp³-hybridized carbons (Fsp3) is 0.581. The number of alkyl carbamates (subject to hydrolysis) is 1. The standard InChI is InChI=1S/C31H47N5O10/c1-8-44-28(41)25(29(42)45-9-2)36-24(38)17-32-26(39)22(16-20-13-11-10-12-14-20)35-27(40)21(15-19(3)4)34-23(37)18-33-30(43)46-31(5,6)7/h10-14,19,21-22,25H,8-9,15-18H2,1-7H3,(H,32,39)(H,33,43)(H,34,37)(H,35,40)(H,36,38). The molecule has 0 bridgehead atoms. The molecule has 5 N–H and O–H groups in total. The van der Waals surface area contributed by atoms with E-state index in [0.717, 1.165) is 0 Å². The second-order valence-electron chi connectivity index (χ2n) is 11.6. The summed E-state index contributed by atoms with van der Waals surface area (Å²) < 4.78 is 14.8. The van der Waals surface area contributed by atoms with Crippen LogP contribution in [0.15, 0.2) is 30.3 Å². The summed E-state index contributed by atoms with van der Waals surface area (Å²) in [4.78, 5) is 88.2. The van der Waals surface area contributed by atoms with Crippen molar-refractivity contribution in [3.63, 3.8) is 0 Å². The van der Waals surface area contributed by atoms with Gasteiger partial charge in [0, 0.05) is 6.42 Å². The highest BCUT2D eigenvalue weighted by atomic mass is 16.6. The molecular weight excluding hydrogens is 602 g/mol. The molecule has 0 radical (unpaired) electrons. The van der Waals surface area contributed by atoms with Crippen molar-refractivity contribution >= 4 is 41.7 Å². The van der Waals surface area contributed by atoms with Crippen LogP contribution in [0, 0.1) is 5.92 Å². The minimum absolute atomic E-state index is 0.0355. The Labute approximate surface area is 269 Å². The lowest BCUT2D eigenvalue weighted by Gasteiger charge is -2.25. The Balaban J connectivity index is 3.01. The minimum atomic E-state index is -1.73. The van der Waals surface area contributed by atoms with Gasteiger partial charge in [-0.05, 0) is 52.5 Å². The number of hydrogen-bond acceptors (Lipinski definition) is 10. The molecule has 0 aliphatic heterocycles. The first-order chi connectivity index (χ1) is 21.6. The van der Waals surface area contributed by atoms with E-state index in [2.05, 4.69) is 26.6 Å². The monoisotopic (exact) mass is 649 g/mol. The van der Waals surface area contributed by atoms with Gasteiger partial charge in [0.25, 0.3) is 0 Å². The number of ether oxygens (including phenoxy) is 3. The third kappa shape index (κ3) is 15.9. The molecule has 0 aliphatic carbocycles. The second-order valence-corrected chi connectivity index (χ2v) is 11.6. The van der Waals surface area contributed by atoms with E-state index in [9.17, 15) is 33.6 Å². The summed E-state index contributed by atoms with van der Waals surface area (Å²) >= 11 is 0. The number of amides is 5. The van der Waals surface area contributed by atoms with Crippen LogP contribution in [0.25, 0.3) is 0 Å². The number of carbonyl (C=O) groups excluding carboxylic acids is 7. The van der Waals surface area contributed by atoms with Crippen molar-refractivity contribution in [1.82, 2.24) is 26.6 Å². The molecule has 1 aromatic carbocycles.